The van der Waals surface area contributed by atoms with Crippen LogP contribution in [0.1, 0.15) is 51.1 Å². The average molecular weight is 300 g/mol. The molecule has 0 aliphatic carbocycles. The van der Waals surface area contributed by atoms with Crippen molar-refractivity contribution in [3.05, 3.63) is 28.5 Å². The molecule has 0 fully saturated rings. The van der Waals surface area contributed by atoms with Crippen LogP contribution in [0.3, 0.4) is 0 Å². The summed E-state index contributed by atoms with van der Waals surface area (Å²) in [5.74, 6) is 0. The van der Waals surface area contributed by atoms with Gasteiger partial charge in [0.2, 0.25) is 0 Å². The van der Waals surface area contributed by atoms with Crippen molar-refractivity contribution in [3.63, 3.8) is 0 Å². The first-order chi connectivity index (χ1) is 8.33. The highest BCUT2D eigenvalue weighted by Crippen LogP contribution is 2.09. The topological polar surface area (TPSA) is 22.1 Å². The molecule has 0 aromatic carbocycles. The van der Waals surface area contributed by atoms with E-state index in [1.807, 2.05) is 18.3 Å². The molecule has 0 unspecified atom stereocenters. The fourth-order valence-electron chi connectivity index (χ4n) is 1.65. The van der Waals surface area contributed by atoms with Crippen molar-refractivity contribution in [3.8, 4) is 0 Å². The number of aromatic nitrogens is 1. The van der Waals surface area contributed by atoms with Gasteiger partial charge in [0.1, 0.15) is 0 Å². The third-order valence-corrected chi connectivity index (χ3v) is 3.15. The number of hydrogen-bond donors (Lipinski definition) is 0. The van der Waals surface area contributed by atoms with E-state index in [-0.39, 0.29) is 0 Å². The highest BCUT2D eigenvalue weighted by molar-refractivity contribution is 9.10. The van der Waals surface area contributed by atoms with E-state index in [9.17, 15) is 0 Å². The van der Waals surface area contributed by atoms with E-state index in [2.05, 4.69) is 27.8 Å². The van der Waals surface area contributed by atoms with E-state index in [1.165, 1.54) is 38.5 Å². The van der Waals surface area contributed by atoms with Gasteiger partial charge >= 0.3 is 0 Å². The number of unbranched alkanes of at least 4 members (excludes halogenated alkanes) is 5. The molecule has 1 aromatic rings. The number of rotatable bonds is 9. The Morgan fingerprint density at radius 2 is 1.88 bits per heavy atom. The molecule has 0 N–H and O–H groups in total. The van der Waals surface area contributed by atoms with Gasteiger partial charge in [-0.1, -0.05) is 39.0 Å². The van der Waals surface area contributed by atoms with Gasteiger partial charge in [-0.3, -0.25) is 4.98 Å². The molecular weight excluding hydrogens is 278 g/mol. The molecule has 1 aromatic heterocycles. The summed E-state index contributed by atoms with van der Waals surface area (Å²) in [4.78, 5) is 4.26. The van der Waals surface area contributed by atoms with E-state index >= 15 is 0 Å². The minimum Gasteiger partial charge on any atom is -0.375 e. The first kappa shape index (κ1) is 14.7. The van der Waals surface area contributed by atoms with Gasteiger partial charge in [0, 0.05) is 17.3 Å². The molecule has 0 bridgehead atoms. The summed E-state index contributed by atoms with van der Waals surface area (Å²) in [5, 5.41) is 0. The second-order valence-corrected chi connectivity index (χ2v) is 5.20. The summed E-state index contributed by atoms with van der Waals surface area (Å²) in [6.07, 6.45) is 9.64. The molecule has 17 heavy (non-hydrogen) atoms. The van der Waals surface area contributed by atoms with Crippen molar-refractivity contribution in [1.29, 1.82) is 0 Å². The molecule has 1 rings (SSSR count). The minimum atomic E-state index is 0.627. The fraction of sp³-hybridized carbons (Fsp3) is 0.643. The standard InChI is InChI=1S/C14H22BrNO/c1-2-3-4-5-6-7-10-17-12-14-9-8-13(15)11-16-14/h8-9,11H,2-7,10,12H2,1H3. The lowest BCUT2D eigenvalue weighted by Gasteiger charge is -2.04. The van der Waals surface area contributed by atoms with Crippen LogP contribution in [0.2, 0.25) is 0 Å². The monoisotopic (exact) mass is 299 g/mol. The van der Waals surface area contributed by atoms with Crippen LogP contribution in [-0.4, -0.2) is 11.6 Å². The molecule has 1 heterocycles. The van der Waals surface area contributed by atoms with Crippen molar-refractivity contribution in [1.82, 2.24) is 4.98 Å². The summed E-state index contributed by atoms with van der Waals surface area (Å²) in [6, 6.07) is 3.99. The maximum atomic E-state index is 5.59. The van der Waals surface area contributed by atoms with Crippen LogP contribution in [0.4, 0.5) is 0 Å². The highest BCUT2D eigenvalue weighted by atomic mass is 79.9. The van der Waals surface area contributed by atoms with E-state index in [0.717, 1.165) is 16.8 Å². The third kappa shape index (κ3) is 7.50. The second-order valence-electron chi connectivity index (χ2n) is 4.29. The number of nitrogens with zero attached hydrogens (tertiary/aromatic N) is 1. The van der Waals surface area contributed by atoms with Gasteiger partial charge in [0.15, 0.2) is 0 Å². The Kier molecular flexibility index (Phi) is 8.28. The van der Waals surface area contributed by atoms with Crippen LogP contribution >= 0.6 is 15.9 Å². The van der Waals surface area contributed by atoms with Crippen molar-refractivity contribution < 1.29 is 4.74 Å². The van der Waals surface area contributed by atoms with Crippen LogP contribution in [-0.2, 0) is 11.3 Å². The largest absolute Gasteiger partial charge is 0.375 e. The Morgan fingerprint density at radius 3 is 2.59 bits per heavy atom. The molecular formula is C14H22BrNO. The SMILES string of the molecule is CCCCCCCCOCc1ccc(Br)cn1. The Bertz CT molecular complexity index is 287. The molecule has 0 atom stereocenters. The molecule has 0 saturated carbocycles. The second kappa shape index (κ2) is 9.60. The smallest absolute Gasteiger partial charge is 0.0887 e. The molecule has 0 saturated heterocycles. The lowest BCUT2D eigenvalue weighted by molar-refractivity contribution is 0.114. The van der Waals surface area contributed by atoms with Gasteiger partial charge in [-0.2, -0.15) is 0 Å². The molecule has 0 spiro atoms. The highest BCUT2D eigenvalue weighted by Gasteiger charge is 1.95. The Balaban J connectivity index is 1.95. The number of halogens is 1. The Morgan fingerprint density at radius 1 is 1.12 bits per heavy atom. The van der Waals surface area contributed by atoms with E-state index < -0.39 is 0 Å². The van der Waals surface area contributed by atoms with Gasteiger partial charge in [0.25, 0.3) is 0 Å². The van der Waals surface area contributed by atoms with E-state index in [4.69, 9.17) is 4.74 Å². The van der Waals surface area contributed by atoms with Crippen LogP contribution in [0.25, 0.3) is 0 Å². The van der Waals surface area contributed by atoms with E-state index in [0.29, 0.717) is 6.61 Å². The predicted molar refractivity (Wildman–Crippen MR) is 75.0 cm³/mol. The first-order valence-corrected chi connectivity index (χ1v) is 7.30. The fourth-order valence-corrected chi connectivity index (χ4v) is 1.89. The first-order valence-electron chi connectivity index (χ1n) is 6.51. The van der Waals surface area contributed by atoms with Gasteiger partial charge in [-0.05, 0) is 34.5 Å². The van der Waals surface area contributed by atoms with Crippen molar-refractivity contribution in [2.45, 2.75) is 52.1 Å². The molecule has 0 aliphatic rings. The molecule has 0 radical (unpaired) electrons. The molecule has 0 aliphatic heterocycles. The lowest BCUT2D eigenvalue weighted by atomic mass is 10.1. The zero-order chi connectivity index (χ0) is 12.3. The minimum absolute atomic E-state index is 0.627. The molecule has 3 heteroatoms. The molecule has 0 amide bonds. The van der Waals surface area contributed by atoms with Gasteiger partial charge in [0.05, 0.1) is 12.3 Å². The Hall–Kier alpha value is -0.410. The van der Waals surface area contributed by atoms with Crippen LogP contribution < -0.4 is 0 Å². The van der Waals surface area contributed by atoms with Gasteiger partial charge in [-0.15, -0.1) is 0 Å². The quantitative estimate of drug-likeness (QED) is 0.616. The number of hydrogen-bond acceptors (Lipinski definition) is 2. The number of pyridine rings is 1. The normalized spacial score (nSPS) is 10.7. The molecule has 2 nitrogen and oxygen atoms in total. The third-order valence-electron chi connectivity index (χ3n) is 2.68. The lowest BCUT2D eigenvalue weighted by Crippen LogP contribution is -1.97. The van der Waals surface area contributed by atoms with Crippen LogP contribution in [0, 0.1) is 0 Å². The summed E-state index contributed by atoms with van der Waals surface area (Å²) >= 11 is 3.37. The summed E-state index contributed by atoms with van der Waals surface area (Å²) < 4.78 is 6.60. The van der Waals surface area contributed by atoms with Crippen molar-refractivity contribution >= 4 is 15.9 Å². The van der Waals surface area contributed by atoms with E-state index in [1.54, 1.807) is 0 Å². The zero-order valence-electron chi connectivity index (χ0n) is 10.6. The van der Waals surface area contributed by atoms with Gasteiger partial charge < -0.3 is 4.74 Å². The zero-order valence-corrected chi connectivity index (χ0v) is 12.2. The molecule has 96 valence electrons. The van der Waals surface area contributed by atoms with Crippen molar-refractivity contribution in [2.24, 2.45) is 0 Å². The Labute approximate surface area is 113 Å². The summed E-state index contributed by atoms with van der Waals surface area (Å²) in [5.41, 5.74) is 0.999. The number of ether oxygens (including phenoxy) is 1. The van der Waals surface area contributed by atoms with Gasteiger partial charge in [-0.25, -0.2) is 0 Å². The van der Waals surface area contributed by atoms with Crippen LogP contribution in [0.15, 0.2) is 22.8 Å². The average Bonchev–Trinajstić information content (AvgIpc) is 2.35. The maximum absolute atomic E-state index is 5.59. The summed E-state index contributed by atoms with van der Waals surface area (Å²) in [6.45, 7) is 3.72. The van der Waals surface area contributed by atoms with Crippen LogP contribution in [0.5, 0.6) is 0 Å². The predicted octanol–water partition coefficient (Wildman–Crippen LogP) is 4.72. The van der Waals surface area contributed by atoms with Crippen molar-refractivity contribution in [2.75, 3.05) is 6.61 Å². The summed E-state index contributed by atoms with van der Waals surface area (Å²) in [7, 11) is 0. The maximum Gasteiger partial charge on any atom is 0.0887 e.